The van der Waals surface area contributed by atoms with Crippen molar-refractivity contribution < 1.29 is 16.8 Å². The minimum atomic E-state index is -4.10. The second-order valence-corrected chi connectivity index (χ2v) is 12.6. The van der Waals surface area contributed by atoms with E-state index in [9.17, 15) is 8.42 Å². The lowest BCUT2D eigenvalue weighted by Gasteiger charge is -2.39. The van der Waals surface area contributed by atoms with Crippen molar-refractivity contribution in [3.63, 3.8) is 0 Å². The number of rotatable bonds is 8. The van der Waals surface area contributed by atoms with E-state index < -0.39 is 20.4 Å². The van der Waals surface area contributed by atoms with Crippen LogP contribution in [0.4, 0.5) is 0 Å². The van der Waals surface area contributed by atoms with Gasteiger partial charge in [0.05, 0.1) is 11.0 Å². The Morgan fingerprint density at radius 2 is 1.03 bits per heavy atom. The highest BCUT2D eigenvalue weighted by Gasteiger charge is 2.38. The second-order valence-electron chi connectivity index (χ2n) is 8.16. The fourth-order valence-corrected chi connectivity index (χ4v) is 8.83. The zero-order chi connectivity index (χ0) is 24.2. The molecule has 0 amide bonds. The number of ether oxygens (including phenoxy) is 1. The van der Waals surface area contributed by atoms with E-state index in [0.717, 1.165) is 26.0 Å². The van der Waals surface area contributed by atoms with Gasteiger partial charge in [0, 0.05) is 14.7 Å². The third-order valence-corrected chi connectivity index (χ3v) is 10.4. The normalized spacial score (nSPS) is 12.5. The van der Waals surface area contributed by atoms with Crippen LogP contribution in [0.15, 0.2) is 129 Å². The van der Waals surface area contributed by atoms with Crippen LogP contribution in [0.25, 0.3) is 0 Å². The van der Waals surface area contributed by atoms with Crippen LogP contribution in [0.1, 0.15) is 19.4 Å². The Morgan fingerprint density at radius 1 is 0.588 bits per heavy atom. The van der Waals surface area contributed by atoms with Crippen LogP contribution < -0.4 is 4.74 Å². The van der Waals surface area contributed by atoms with Gasteiger partial charge in [0.2, 0.25) is 0 Å². The largest absolute Gasteiger partial charge is 0.491 e. The first-order valence-electron chi connectivity index (χ1n) is 11.0. The molecule has 0 heterocycles. The molecule has 0 saturated carbocycles. The van der Waals surface area contributed by atoms with Crippen molar-refractivity contribution in [2.45, 2.75) is 46.5 Å². The summed E-state index contributed by atoms with van der Waals surface area (Å²) < 4.78 is 39.5. The first kappa shape index (κ1) is 24.1. The number of hydrogen-bond acceptors (Lipinski definition) is 4. The third kappa shape index (κ3) is 5.04. The summed E-state index contributed by atoms with van der Waals surface area (Å²) in [7, 11) is -6.74. The minimum Gasteiger partial charge on any atom is -0.491 e. The van der Waals surface area contributed by atoms with E-state index in [1.807, 2.05) is 106 Å². The first-order valence-corrected chi connectivity index (χ1v) is 14.0. The Hall–Kier alpha value is -3.06. The molecule has 0 aromatic heterocycles. The fraction of sp³-hybridized carbons (Fsp3) is 0.143. The van der Waals surface area contributed by atoms with Crippen molar-refractivity contribution in [2.75, 3.05) is 0 Å². The highest BCUT2D eigenvalue weighted by atomic mass is 32.3. The number of aryl methyl sites for hydroxylation is 1. The van der Waals surface area contributed by atoms with Crippen LogP contribution in [-0.4, -0.2) is 14.5 Å². The van der Waals surface area contributed by atoms with E-state index in [4.69, 9.17) is 8.37 Å². The van der Waals surface area contributed by atoms with Gasteiger partial charge in [-0.05, 0) is 91.7 Å². The van der Waals surface area contributed by atoms with Gasteiger partial charge in [-0.15, -0.1) is 0 Å². The smallest absolute Gasteiger partial charge is 0.307 e. The molecule has 4 rings (SSSR count). The molecule has 34 heavy (non-hydrogen) atoms. The van der Waals surface area contributed by atoms with Gasteiger partial charge in [-0.3, -0.25) is 0 Å². The molecule has 4 aromatic carbocycles. The SMILES string of the molecule is Cc1ccc(S(=O)(=O)OS(c2ccccc2)(c2ccccc2)c2ccc(OC(C)C)cc2)cc1. The van der Waals surface area contributed by atoms with E-state index in [2.05, 4.69) is 0 Å². The molecule has 6 heteroatoms. The molecule has 0 spiro atoms. The van der Waals surface area contributed by atoms with Crippen LogP contribution in [0.2, 0.25) is 0 Å². The van der Waals surface area contributed by atoms with Crippen LogP contribution in [0.5, 0.6) is 5.75 Å². The summed E-state index contributed by atoms with van der Waals surface area (Å²) in [6, 6.07) is 33.4. The maximum absolute atomic E-state index is 13.7. The molecule has 0 unspecified atom stereocenters. The molecule has 0 N–H and O–H groups in total. The zero-order valence-electron chi connectivity index (χ0n) is 19.4. The summed E-state index contributed by atoms with van der Waals surface area (Å²) in [5, 5.41) is 0. The van der Waals surface area contributed by atoms with Crippen LogP contribution in [-0.2, 0) is 13.7 Å². The molecule has 0 atom stereocenters. The molecular formula is C28H28O4S2. The van der Waals surface area contributed by atoms with Crippen molar-refractivity contribution >= 4 is 20.4 Å². The highest BCUT2D eigenvalue weighted by Crippen LogP contribution is 2.70. The topological polar surface area (TPSA) is 52.6 Å². The summed E-state index contributed by atoms with van der Waals surface area (Å²) in [5.41, 5.74) is 0.976. The zero-order valence-corrected chi connectivity index (χ0v) is 21.1. The second kappa shape index (κ2) is 10.1. The Kier molecular flexibility index (Phi) is 7.12. The fourth-order valence-electron chi connectivity index (χ4n) is 3.61. The summed E-state index contributed by atoms with van der Waals surface area (Å²) in [6.45, 7) is 5.85. The van der Waals surface area contributed by atoms with Crippen molar-refractivity contribution in [1.82, 2.24) is 0 Å². The Balaban J connectivity index is 1.95. The van der Waals surface area contributed by atoms with E-state index in [0.29, 0.717) is 0 Å². The molecule has 4 nitrogen and oxygen atoms in total. The Bertz CT molecular complexity index is 1280. The van der Waals surface area contributed by atoms with Crippen LogP contribution in [0.3, 0.4) is 0 Å². The van der Waals surface area contributed by atoms with Crippen molar-refractivity contribution in [3.8, 4) is 5.75 Å². The van der Waals surface area contributed by atoms with Gasteiger partial charge in [0.1, 0.15) is 5.75 Å². The molecule has 0 bridgehead atoms. The van der Waals surface area contributed by atoms with Gasteiger partial charge in [0.25, 0.3) is 0 Å². The van der Waals surface area contributed by atoms with Crippen LogP contribution in [0, 0.1) is 6.92 Å². The molecule has 0 fully saturated rings. The third-order valence-electron chi connectivity index (χ3n) is 5.18. The van der Waals surface area contributed by atoms with Crippen molar-refractivity contribution in [2.24, 2.45) is 0 Å². The molecule has 0 radical (unpaired) electrons. The van der Waals surface area contributed by atoms with Gasteiger partial charge < -0.3 is 4.74 Å². The molecule has 0 aliphatic rings. The minimum absolute atomic E-state index is 0.0318. The highest BCUT2D eigenvalue weighted by molar-refractivity contribution is 8.33. The van der Waals surface area contributed by atoms with Gasteiger partial charge in [-0.25, -0.2) is 3.63 Å². The Labute approximate surface area is 203 Å². The number of hydrogen-bond donors (Lipinski definition) is 0. The predicted octanol–water partition coefficient (Wildman–Crippen LogP) is 7.38. The lowest BCUT2D eigenvalue weighted by atomic mass is 10.2. The Morgan fingerprint density at radius 3 is 1.50 bits per heavy atom. The number of benzene rings is 4. The lowest BCUT2D eigenvalue weighted by Crippen LogP contribution is -2.14. The van der Waals surface area contributed by atoms with E-state index >= 15 is 0 Å². The summed E-state index contributed by atoms with van der Waals surface area (Å²) in [4.78, 5) is 2.46. The van der Waals surface area contributed by atoms with E-state index in [1.54, 1.807) is 24.3 Å². The maximum atomic E-state index is 13.7. The summed E-state index contributed by atoms with van der Waals surface area (Å²) >= 11 is 0. The molecule has 0 saturated heterocycles. The quantitative estimate of drug-likeness (QED) is 0.257. The van der Waals surface area contributed by atoms with Crippen molar-refractivity contribution in [1.29, 1.82) is 0 Å². The maximum Gasteiger partial charge on any atom is 0.307 e. The van der Waals surface area contributed by atoms with Crippen LogP contribution >= 0.6 is 10.3 Å². The lowest BCUT2D eigenvalue weighted by molar-refractivity contribution is 0.242. The monoisotopic (exact) mass is 492 g/mol. The van der Waals surface area contributed by atoms with Gasteiger partial charge in [-0.2, -0.15) is 8.42 Å². The molecule has 4 aromatic rings. The van der Waals surface area contributed by atoms with Crippen molar-refractivity contribution in [3.05, 3.63) is 115 Å². The molecular weight excluding hydrogens is 464 g/mol. The molecule has 176 valence electrons. The summed E-state index contributed by atoms with van der Waals surface area (Å²) in [5.74, 6) is 0.717. The van der Waals surface area contributed by atoms with Gasteiger partial charge in [0.15, 0.2) is 0 Å². The van der Waals surface area contributed by atoms with E-state index in [1.165, 1.54) is 0 Å². The average Bonchev–Trinajstić information content (AvgIpc) is 2.84. The van der Waals surface area contributed by atoms with Gasteiger partial charge >= 0.3 is 10.1 Å². The average molecular weight is 493 g/mol. The van der Waals surface area contributed by atoms with E-state index in [-0.39, 0.29) is 11.0 Å². The van der Waals surface area contributed by atoms with Gasteiger partial charge in [-0.1, -0.05) is 54.1 Å². The first-order chi connectivity index (χ1) is 16.3. The summed E-state index contributed by atoms with van der Waals surface area (Å²) in [6.07, 6.45) is 0.0318. The molecule has 0 aliphatic heterocycles. The predicted molar refractivity (Wildman–Crippen MR) is 137 cm³/mol. The molecule has 0 aliphatic carbocycles. The standard InChI is InChI=1S/C28H28O4S2/c1-22(2)31-24-16-20-27(21-17-24)33(25-10-6-4-7-11-25,26-12-8-5-9-13-26)32-34(29,30)28-18-14-23(3)15-19-28/h4-22H,1-3H3.